The summed E-state index contributed by atoms with van der Waals surface area (Å²) in [6.07, 6.45) is 30.2. The lowest BCUT2D eigenvalue weighted by molar-refractivity contribution is -0.129. The van der Waals surface area contributed by atoms with E-state index in [-0.39, 0.29) is 30.8 Å². The Bertz CT molecular complexity index is 1260. The van der Waals surface area contributed by atoms with Crippen molar-refractivity contribution in [3.05, 3.63) is 0 Å². The van der Waals surface area contributed by atoms with Crippen molar-refractivity contribution in [2.75, 3.05) is 13.2 Å². The van der Waals surface area contributed by atoms with Crippen LogP contribution in [0.25, 0.3) is 0 Å². The number of hydrogen-bond donors (Lipinski definition) is 4. The molecule has 18 unspecified atom stereocenters. The van der Waals surface area contributed by atoms with Crippen molar-refractivity contribution in [2.45, 2.75) is 201 Å². The second kappa shape index (κ2) is 15.8. The molecule has 0 heterocycles. The van der Waals surface area contributed by atoms with Gasteiger partial charge in [0.1, 0.15) is 0 Å². The van der Waals surface area contributed by atoms with E-state index in [0.29, 0.717) is 16.2 Å². The Kier molecular flexibility index (Phi) is 11.9. The molecule has 8 fully saturated rings. The minimum absolute atomic E-state index is 0.0478. The molecular formula is C50H86O4. The highest BCUT2D eigenvalue weighted by Gasteiger charge is 2.61. The van der Waals surface area contributed by atoms with Crippen molar-refractivity contribution in [1.82, 2.24) is 0 Å². The summed E-state index contributed by atoms with van der Waals surface area (Å²) in [6.45, 7) is 13.3. The van der Waals surface area contributed by atoms with E-state index in [1.54, 1.807) is 0 Å². The molecule has 0 aromatic heterocycles. The van der Waals surface area contributed by atoms with Crippen LogP contribution in [0.15, 0.2) is 0 Å². The smallest absolute Gasteiger partial charge is 0.0543 e. The van der Waals surface area contributed by atoms with Gasteiger partial charge in [0.2, 0.25) is 0 Å². The normalized spacial score (nSPS) is 49.8. The third kappa shape index (κ3) is 6.95. The molecule has 0 saturated heterocycles. The summed E-state index contributed by atoms with van der Waals surface area (Å²) in [4.78, 5) is 0. The van der Waals surface area contributed by atoms with Crippen molar-refractivity contribution in [3.8, 4) is 0 Å². The Morgan fingerprint density at radius 3 is 1.65 bits per heavy atom. The van der Waals surface area contributed by atoms with Gasteiger partial charge in [-0.15, -0.1) is 0 Å². The minimum atomic E-state index is -0.320. The first-order valence-electron chi connectivity index (χ1n) is 24.4. The average Bonchev–Trinajstić information content (AvgIpc) is 3.76. The summed E-state index contributed by atoms with van der Waals surface area (Å²) >= 11 is 0. The zero-order valence-electron chi connectivity index (χ0n) is 35.8. The summed E-state index contributed by atoms with van der Waals surface area (Å²) in [6, 6.07) is 0. The number of fused-ring (bicyclic) bond motifs is 10. The lowest BCUT2D eigenvalue weighted by Gasteiger charge is -2.61. The van der Waals surface area contributed by atoms with Crippen molar-refractivity contribution in [3.63, 3.8) is 0 Å². The first-order chi connectivity index (χ1) is 25.9. The molecule has 0 radical (unpaired) electrons. The third-order valence-electron chi connectivity index (χ3n) is 21.5. The largest absolute Gasteiger partial charge is 0.396 e. The molecule has 4 nitrogen and oxygen atoms in total. The van der Waals surface area contributed by atoms with Crippen LogP contribution in [-0.4, -0.2) is 45.8 Å². The number of aliphatic hydroxyl groups is 4. The van der Waals surface area contributed by atoms with Crippen molar-refractivity contribution >= 4 is 0 Å². The first-order valence-corrected chi connectivity index (χ1v) is 24.4. The van der Waals surface area contributed by atoms with Crippen LogP contribution < -0.4 is 0 Å². The van der Waals surface area contributed by atoms with Gasteiger partial charge < -0.3 is 20.4 Å². The van der Waals surface area contributed by atoms with Crippen molar-refractivity contribution < 1.29 is 20.4 Å². The summed E-state index contributed by atoms with van der Waals surface area (Å²) in [5, 5.41) is 42.4. The molecule has 54 heavy (non-hydrogen) atoms. The second-order valence-corrected chi connectivity index (χ2v) is 23.5. The van der Waals surface area contributed by atoms with Gasteiger partial charge in [-0.25, -0.2) is 0 Å². The number of rotatable bonds is 12. The minimum Gasteiger partial charge on any atom is -0.396 e. The van der Waals surface area contributed by atoms with Gasteiger partial charge >= 0.3 is 0 Å². The Morgan fingerprint density at radius 2 is 1.02 bits per heavy atom. The van der Waals surface area contributed by atoms with Crippen molar-refractivity contribution in [1.29, 1.82) is 0 Å². The quantitative estimate of drug-likeness (QED) is 0.160. The van der Waals surface area contributed by atoms with Crippen LogP contribution in [0.3, 0.4) is 0 Å². The molecule has 8 rings (SSSR count). The maximum absolute atomic E-state index is 10.7. The van der Waals surface area contributed by atoms with Crippen molar-refractivity contribution in [2.24, 2.45) is 98.6 Å². The van der Waals surface area contributed by atoms with E-state index in [4.69, 9.17) is 0 Å². The second-order valence-electron chi connectivity index (χ2n) is 23.5. The highest BCUT2D eigenvalue weighted by atomic mass is 16.3. The highest BCUT2D eigenvalue weighted by Crippen LogP contribution is 2.69. The van der Waals surface area contributed by atoms with E-state index in [1.807, 2.05) is 0 Å². The molecule has 8 aliphatic rings. The van der Waals surface area contributed by atoms with Gasteiger partial charge in [0.15, 0.2) is 0 Å². The highest BCUT2D eigenvalue weighted by molar-refractivity contribution is 5.10. The molecule has 8 aliphatic carbocycles. The summed E-state index contributed by atoms with van der Waals surface area (Å²) < 4.78 is 0. The molecule has 0 spiro atoms. The monoisotopic (exact) mass is 751 g/mol. The molecule has 4 N–H and O–H groups in total. The van der Waals surface area contributed by atoms with Gasteiger partial charge in [-0.1, -0.05) is 60.3 Å². The summed E-state index contributed by atoms with van der Waals surface area (Å²) in [7, 11) is 0. The molecule has 4 heteroatoms. The van der Waals surface area contributed by atoms with E-state index in [2.05, 4.69) is 34.6 Å². The molecule has 310 valence electrons. The van der Waals surface area contributed by atoms with Crippen LogP contribution in [0, 0.1) is 98.6 Å². The van der Waals surface area contributed by atoms with E-state index < -0.39 is 0 Å². The SMILES string of the molecule is CC(CCCC(CO)(CO)CCCC(C)C1CCC2C3CCC4CC(O)CCC4(C)C3CCC12C)C1CCC2C1CCC1C2CCC2CC(O)CCC21C. The van der Waals surface area contributed by atoms with E-state index in [0.717, 1.165) is 128 Å². The van der Waals surface area contributed by atoms with Gasteiger partial charge in [0.25, 0.3) is 0 Å². The predicted molar refractivity (Wildman–Crippen MR) is 220 cm³/mol. The molecule has 8 saturated carbocycles. The Hall–Kier alpha value is -0.160. The zero-order chi connectivity index (χ0) is 38.0. The molecule has 0 amide bonds. The Balaban J connectivity index is 0.807. The topological polar surface area (TPSA) is 80.9 Å². The summed E-state index contributed by atoms with van der Waals surface area (Å²) in [5.41, 5.74) is 1.09. The third-order valence-corrected chi connectivity index (χ3v) is 21.5. The number of hydrogen-bond acceptors (Lipinski definition) is 4. The van der Waals surface area contributed by atoms with Crippen LogP contribution in [0.4, 0.5) is 0 Å². The molecule has 18 atom stereocenters. The fourth-order valence-corrected chi connectivity index (χ4v) is 18.4. The molecule has 0 aromatic rings. The Morgan fingerprint density at radius 1 is 0.519 bits per heavy atom. The standard InChI is InChI=1S/C50H86O4/c1-32(38-14-15-40-39(38)16-17-44-41(40)12-10-34-28-36(53)20-25-47(34,44)3)8-6-23-50(30-51,31-52)24-7-9-33(2)43-18-19-45-42-13-11-35-29-37(54)21-26-48(35,4)46(42)22-27-49(43,45)5/h32-46,51-54H,6-31H2,1-5H3. The molecular weight excluding hydrogens is 665 g/mol. The van der Waals surface area contributed by atoms with Crippen LogP contribution in [0.5, 0.6) is 0 Å². The molecule has 0 bridgehead atoms. The van der Waals surface area contributed by atoms with Crippen LogP contribution in [0.1, 0.15) is 189 Å². The predicted octanol–water partition coefficient (Wildman–Crippen LogP) is 11.2. The van der Waals surface area contributed by atoms with Gasteiger partial charge in [0, 0.05) is 5.41 Å². The van der Waals surface area contributed by atoms with E-state index in [1.165, 1.54) is 103 Å². The maximum Gasteiger partial charge on any atom is 0.0543 e. The zero-order valence-corrected chi connectivity index (χ0v) is 35.8. The number of aliphatic hydroxyl groups excluding tert-OH is 4. The molecule has 0 aromatic carbocycles. The van der Waals surface area contributed by atoms with Crippen LogP contribution in [0.2, 0.25) is 0 Å². The maximum atomic E-state index is 10.7. The van der Waals surface area contributed by atoms with Gasteiger partial charge in [-0.2, -0.15) is 0 Å². The fourth-order valence-electron chi connectivity index (χ4n) is 18.4. The lowest BCUT2D eigenvalue weighted by Crippen LogP contribution is -2.54. The van der Waals surface area contributed by atoms with E-state index >= 15 is 0 Å². The van der Waals surface area contributed by atoms with Gasteiger partial charge in [-0.05, 0) is 222 Å². The summed E-state index contributed by atoms with van der Waals surface area (Å²) in [5.74, 6) is 11.0. The fraction of sp³-hybridized carbons (Fsp3) is 1.00. The van der Waals surface area contributed by atoms with Gasteiger partial charge in [0.05, 0.1) is 25.4 Å². The lowest BCUT2D eigenvalue weighted by atomic mass is 9.44. The van der Waals surface area contributed by atoms with Crippen LogP contribution in [-0.2, 0) is 0 Å². The molecule has 0 aliphatic heterocycles. The first kappa shape index (κ1) is 40.6. The van der Waals surface area contributed by atoms with Crippen LogP contribution >= 0.6 is 0 Å². The van der Waals surface area contributed by atoms with E-state index in [9.17, 15) is 20.4 Å². The van der Waals surface area contributed by atoms with Gasteiger partial charge in [-0.3, -0.25) is 0 Å². The average molecular weight is 751 g/mol. The Labute approximate surface area is 332 Å².